The fraction of sp³-hybridized carbons (Fsp3) is 0.692. The van der Waals surface area contributed by atoms with E-state index in [2.05, 4.69) is 20.6 Å². The molecule has 3 rings (SSSR count). The molecule has 1 saturated carbocycles. The number of nitrogens with one attached hydrogen (secondary N) is 3. The smallest absolute Gasteiger partial charge is 0.252 e. The molecule has 3 N–H and O–H groups in total. The topological polar surface area (TPSA) is 69.8 Å². The van der Waals surface area contributed by atoms with Crippen molar-refractivity contribution in [3.63, 3.8) is 0 Å². The van der Waals surface area contributed by atoms with Crippen LogP contribution in [0.5, 0.6) is 0 Å². The van der Waals surface area contributed by atoms with Gasteiger partial charge < -0.3 is 15.6 Å². The summed E-state index contributed by atoms with van der Waals surface area (Å²) in [7, 11) is 0. The van der Waals surface area contributed by atoms with Gasteiger partial charge in [0.25, 0.3) is 5.56 Å². The third kappa shape index (κ3) is 2.90. The molecule has 1 aromatic rings. The van der Waals surface area contributed by atoms with Crippen LogP contribution in [-0.2, 0) is 0 Å². The highest BCUT2D eigenvalue weighted by molar-refractivity contribution is 5.33. The lowest BCUT2D eigenvalue weighted by molar-refractivity contribution is 0.574. The molecule has 1 atom stereocenters. The Hall–Kier alpha value is -1.36. The molecule has 1 aliphatic carbocycles. The number of rotatable bonds is 5. The maximum Gasteiger partial charge on any atom is 0.252 e. The van der Waals surface area contributed by atoms with Gasteiger partial charge in [0, 0.05) is 24.6 Å². The van der Waals surface area contributed by atoms with Crippen LogP contribution in [0.15, 0.2) is 10.9 Å². The van der Waals surface area contributed by atoms with Crippen molar-refractivity contribution in [1.82, 2.24) is 15.3 Å². The zero-order valence-electron chi connectivity index (χ0n) is 10.5. The van der Waals surface area contributed by atoms with Crippen molar-refractivity contribution in [3.8, 4) is 0 Å². The van der Waals surface area contributed by atoms with E-state index >= 15 is 0 Å². The number of hydrogen-bond acceptors (Lipinski definition) is 4. The molecule has 0 spiro atoms. The van der Waals surface area contributed by atoms with Crippen LogP contribution < -0.4 is 16.2 Å². The van der Waals surface area contributed by atoms with Gasteiger partial charge >= 0.3 is 0 Å². The van der Waals surface area contributed by atoms with Gasteiger partial charge in [0.1, 0.15) is 11.6 Å². The Morgan fingerprint density at radius 2 is 2.28 bits per heavy atom. The standard InChI is InChI=1S/C13H20N4O/c18-12-8-11(16-13(17-12)9-3-4-9)15-7-5-10-2-1-6-14-10/h8-10,14H,1-7H2,(H2,15,16,17,18)/t10-/m0/s1. The first-order valence-corrected chi connectivity index (χ1v) is 6.90. The first-order valence-electron chi connectivity index (χ1n) is 6.90. The molecular formula is C13H20N4O. The molecule has 0 radical (unpaired) electrons. The van der Waals surface area contributed by atoms with Gasteiger partial charge in [-0.3, -0.25) is 4.79 Å². The zero-order valence-corrected chi connectivity index (χ0v) is 10.5. The summed E-state index contributed by atoms with van der Waals surface area (Å²) in [5, 5.41) is 6.73. The van der Waals surface area contributed by atoms with Gasteiger partial charge in [-0.25, -0.2) is 4.98 Å². The predicted octanol–water partition coefficient (Wildman–Crippen LogP) is 1.20. The molecule has 2 heterocycles. The molecule has 0 unspecified atom stereocenters. The largest absolute Gasteiger partial charge is 0.370 e. The Kier molecular flexibility index (Phi) is 3.32. The van der Waals surface area contributed by atoms with Crippen molar-refractivity contribution < 1.29 is 0 Å². The Morgan fingerprint density at radius 3 is 3.00 bits per heavy atom. The molecule has 0 amide bonds. The molecule has 18 heavy (non-hydrogen) atoms. The minimum absolute atomic E-state index is 0.0478. The molecule has 1 saturated heterocycles. The van der Waals surface area contributed by atoms with Gasteiger partial charge in [-0.2, -0.15) is 0 Å². The first-order chi connectivity index (χ1) is 8.81. The van der Waals surface area contributed by atoms with E-state index in [0.29, 0.717) is 12.0 Å². The van der Waals surface area contributed by atoms with E-state index in [9.17, 15) is 4.79 Å². The average molecular weight is 248 g/mol. The Morgan fingerprint density at radius 1 is 1.39 bits per heavy atom. The van der Waals surface area contributed by atoms with Gasteiger partial charge in [-0.15, -0.1) is 0 Å². The van der Waals surface area contributed by atoms with Gasteiger partial charge in [0.05, 0.1) is 0 Å². The highest BCUT2D eigenvalue weighted by Gasteiger charge is 2.26. The molecule has 1 aliphatic heterocycles. The summed E-state index contributed by atoms with van der Waals surface area (Å²) in [6.45, 7) is 2.01. The molecule has 1 aromatic heterocycles. The summed E-state index contributed by atoms with van der Waals surface area (Å²) < 4.78 is 0. The fourth-order valence-corrected chi connectivity index (χ4v) is 2.49. The van der Waals surface area contributed by atoms with Crippen molar-refractivity contribution in [2.24, 2.45) is 0 Å². The van der Waals surface area contributed by atoms with E-state index < -0.39 is 0 Å². The SMILES string of the molecule is O=c1cc(NCC[C@@H]2CCCN2)nc(C2CC2)[nH]1. The van der Waals surface area contributed by atoms with Crippen LogP contribution in [-0.4, -0.2) is 29.1 Å². The zero-order chi connectivity index (χ0) is 12.4. The Labute approximate surface area is 106 Å². The third-order valence-electron chi connectivity index (χ3n) is 3.69. The second-order valence-electron chi connectivity index (χ2n) is 5.30. The van der Waals surface area contributed by atoms with Crippen LogP contribution in [0.1, 0.15) is 43.8 Å². The average Bonchev–Trinajstić information content (AvgIpc) is 3.08. The second-order valence-corrected chi connectivity index (χ2v) is 5.30. The molecule has 0 bridgehead atoms. The van der Waals surface area contributed by atoms with Crippen LogP contribution in [0.3, 0.4) is 0 Å². The van der Waals surface area contributed by atoms with Gasteiger partial charge in [-0.05, 0) is 38.6 Å². The summed E-state index contributed by atoms with van der Waals surface area (Å²) in [6.07, 6.45) is 5.93. The number of anilines is 1. The monoisotopic (exact) mass is 248 g/mol. The summed E-state index contributed by atoms with van der Waals surface area (Å²) in [6, 6.07) is 2.18. The van der Waals surface area contributed by atoms with Crippen LogP contribution in [0.4, 0.5) is 5.82 Å². The van der Waals surface area contributed by atoms with Crippen LogP contribution in [0.2, 0.25) is 0 Å². The number of aromatic nitrogens is 2. The predicted molar refractivity (Wildman–Crippen MR) is 71.0 cm³/mol. The van der Waals surface area contributed by atoms with E-state index in [0.717, 1.165) is 44.0 Å². The lowest BCUT2D eigenvalue weighted by atomic mass is 10.1. The highest BCUT2D eigenvalue weighted by Crippen LogP contribution is 2.37. The van der Waals surface area contributed by atoms with Crippen molar-refractivity contribution in [2.45, 2.75) is 44.1 Å². The molecule has 5 heteroatoms. The summed E-state index contributed by atoms with van der Waals surface area (Å²) in [5.41, 5.74) is -0.0478. The fourth-order valence-electron chi connectivity index (χ4n) is 2.49. The lowest BCUT2D eigenvalue weighted by Gasteiger charge is -2.11. The molecule has 2 fully saturated rings. The van der Waals surface area contributed by atoms with Crippen molar-refractivity contribution >= 4 is 5.82 Å². The van der Waals surface area contributed by atoms with E-state index in [4.69, 9.17) is 0 Å². The summed E-state index contributed by atoms with van der Waals surface area (Å²) in [5.74, 6) is 2.05. The summed E-state index contributed by atoms with van der Waals surface area (Å²) in [4.78, 5) is 18.8. The number of hydrogen-bond donors (Lipinski definition) is 3. The van der Waals surface area contributed by atoms with Gasteiger partial charge in [0.2, 0.25) is 0 Å². The Bertz CT molecular complexity index is 460. The van der Waals surface area contributed by atoms with Crippen molar-refractivity contribution in [1.29, 1.82) is 0 Å². The number of aromatic amines is 1. The van der Waals surface area contributed by atoms with Crippen LogP contribution >= 0.6 is 0 Å². The van der Waals surface area contributed by atoms with E-state index in [1.807, 2.05) is 0 Å². The van der Waals surface area contributed by atoms with Gasteiger partial charge in [0.15, 0.2) is 0 Å². The molecule has 2 aliphatic rings. The van der Waals surface area contributed by atoms with Crippen LogP contribution in [0.25, 0.3) is 0 Å². The van der Waals surface area contributed by atoms with Gasteiger partial charge in [-0.1, -0.05) is 0 Å². The Balaban J connectivity index is 1.56. The minimum atomic E-state index is -0.0478. The molecule has 5 nitrogen and oxygen atoms in total. The normalized spacial score (nSPS) is 23.2. The molecule has 98 valence electrons. The second kappa shape index (κ2) is 5.10. The van der Waals surface area contributed by atoms with E-state index in [1.54, 1.807) is 6.07 Å². The van der Waals surface area contributed by atoms with Crippen molar-refractivity contribution in [2.75, 3.05) is 18.4 Å². The summed E-state index contributed by atoms with van der Waals surface area (Å²) >= 11 is 0. The van der Waals surface area contributed by atoms with E-state index in [-0.39, 0.29) is 5.56 Å². The maximum atomic E-state index is 11.5. The molecular weight excluding hydrogens is 228 g/mol. The van der Waals surface area contributed by atoms with Crippen LogP contribution in [0, 0.1) is 0 Å². The third-order valence-corrected chi connectivity index (χ3v) is 3.69. The lowest BCUT2D eigenvalue weighted by Crippen LogP contribution is -2.24. The highest BCUT2D eigenvalue weighted by atomic mass is 16.1. The quantitative estimate of drug-likeness (QED) is 0.732. The maximum absolute atomic E-state index is 11.5. The molecule has 0 aromatic carbocycles. The number of nitrogens with zero attached hydrogens (tertiary/aromatic N) is 1. The van der Waals surface area contributed by atoms with E-state index in [1.165, 1.54) is 12.8 Å². The number of H-pyrrole nitrogens is 1. The van der Waals surface area contributed by atoms with Crippen molar-refractivity contribution in [3.05, 3.63) is 22.2 Å². The first kappa shape index (κ1) is 11.7. The minimum Gasteiger partial charge on any atom is -0.370 e.